The lowest BCUT2D eigenvalue weighted by Crippen LogP contribution is -2.47. The van der Waals surface area contributed by atoms with Crippen LogP contribution in [-0.2, 0) is 4.79 Å². The molecule has 3 heterocycles. The number of hydrogen-bond acceptors (Lipinski definition) is 7. The number of rotatable bonds is 4. The van der Waals surface area contributed by atoms with Crippen molar-refractivity contribution in [2.24, 2.45) is 4.99 Å². The molecule has 0 radical (unpaired) electrons. The Morgan fingerprint density at radius 2 is 1.76 bits per heavy atom. The summed E-state index contributed by atoms with van der Waals surface area (Å²) >= 11 is 7.46. The van der Waals surface area contributed by atoms with Crippen molar-refractivity contribution in [1.29, 1.82) is 0 Å². The smallest absolute Gasteiger partial charge is 0.286 e. The van der Waals surface area contributed by atoms with Crippen molar-refractivity contribution in [3.8, 4) is 11.3 Å². The maximum absolute atomic E-state index is 12.5. The summed E-state index contributed by atoms with van der Waals surface area (Å²) in [6, 6.07) is 17.5. The van der Waals surface area contributed by atoms with Gasteiger partial charge in [0.25, 0.3) is 11.6 Å². The molecule has 0 saturated carbocycles. The lowest BCUT2D eigenvalue weighted by molar-refractivity contribution is -0.384. The van der Waals surface area contributed by atoms with Gasteiger partial charge in [0.05, 0.1) is 9.83 Å². The number of halogens is 1. The van der Waals surface area contributed by atoms with E-state index in [1.54, 1.807) is 30.3 Å². The fourth-order valence-corrected chi connectivity index (χ4v) is 4.95. The van der Waals surface area contributed by atoms with Crippen LogP contribution in [0.4, 0.5) is 11.4 Å². The number of aliphatic imine (C=N–C) groups is 1. The molecule has 5 rings (SSSR count). The van der Waals surface area contributed by atoms with Crippen molar-refractivity contribution in [1.82, 2.24) is 4.90 Å². The maximum atomic E-state index is 12.5. The van der Waals surface area contributed by atoms with Gasteiger partial charge >= 0.3 is 0 Å². The molecule has 34 heavy (non-hydrogen) atoms. The Labute approximate surface area is 204 Å². The average Bonchev–Trinajstić information content (AvgIpc) is 3.46. The molecule has 0 unspecified atom stereocenters. The Morgan fingerprint density at radius 3 is 2.47 bits per heavy atom. The number of carbonyl (C=O) groups excluding carboxylic acids is 1. The molecular formula is C24H19ClN4O4S. The van der Waals surface area contributed by atoms with Crippen LogP contribution in [0.5, 0.6) is 0 Å². The van der Waals surface area contributed by atoms with Gasteiger partial charge in [0.2, 0.25) is 0 Å². The van der Waals surface area contributed by atoms with Gasteiger partial charge < -0.3 is 14.2 Å². The minimum Gasteiger partial charge on any atom is -0.457 e. The molecule has 1 saturated heterocycles. The summed E-state index contributed by atoms with van der Waals surface area (Å²) in [5, 5.41) is 12.2. The second-order valence-corrected chi connectivity index (χ2v) is 9.22. The molecule has 2 aromatic carbocycles. The standard InChI is InChI=1S/C24H19ClN4O4S/c25-17-2-1-3-19(14-17)27-10-12-28(13-11-27)24-26-23(30)22(34-24)15-20-8-9-21(33-20)16-4-6-18(7-5-16)29(31)32/h1-9,14-15H,10-13H2/b22-15+. The third-order valence-electron chi connectivity index (χ3n) is 5.60. The summed E-state index contributed by atoms with van der Waals surface area (Å²) < 4.78 is 5.84. The van der Waals surface area contributed by atoms with Gasteiger partial charge in [-0.1, -0.05) is 17.7 Å². The van der Waals surface area contributed by atoms with Gasteiger partial charge in [-0.25, -0.2) is 0 Å². The van der Waals surface area contributed by atoms with E-state index < -0.39 is 4.92 Å². The molecule has 0 N–H and O–H groups in total. The molecule has 0 atom stereocenters. The molecule has 8 nitrogen and oxygen atoms in total. The highest BCUT2D eigenvalue weighted by Crippen LogP contribution is 2.33. The number of nitrogens with zero attached hydrogens (tertiary/aromatic N) is 4. The predicted molar refractivity (Wildman–Crippen MR) is 134 cm³/mol. The molecule has 2 aliphatic rings. The minimum absolute atomic E-state index is 0.0173. The highest BCUT2D eigenvalue weighted by Gasteiger charge is 2.29. The highest BCUT2D eigenvalue weighted by molar-refractivity contribution is 8.18. The minimum atomic E-state index is -0.445. The first kappa shape index (κ1) is 22.2. The number of anilines is 1. The normalized spacial score (nSPS) is 17.4. The number of nitro benzene ring substituents is 1. The largest absolute Gasteiger partial charge is 0.457 e. The first-order chi connectivity index (χ1) is 16.5. The summed E-state index contributed by atoms with van der Waals surface area (Å²) in [5.74, 6) is 0.799. The van der Waals surface area contributed by atoms with E-state index >= 15 is 0 Å². The zero-order chi connectivity index (χ0) is 23.7. The van der Waals surface area contributed by atoms with E-state index in [4.69, 9.17) is 16.0 Å². The van der Waals surface area contributed by atoms with E-state index in [1.165, 1.54) is 23.9 Å². The highest BCUT2D eigenvalue weighted by atomic mass is 35.5. The summed E-state index contributed by atoms with van der Waals surface area (Å²) in [4.78, 5) is 32.0. The van der Waals surface area contributed by atoms with Gasteiger partial charge in [-0.15, -0.1) is 0 Å². The van der Waals surface area contributed by atoms with Crippen molar-refractivity contribution in [2.75, 3.05) is 31.1 Å². The topological polar surface area (TPSA) is 92.2 Å². The van der Waals surface area contributed by atoms with E-state index in [2.05, 4.69) is 14.8 Å². The number of amidine groups is 1. The first-order valence-electron chi connectivity index (χ1n) is 10.6. The van der Waals surface area contributed by atoms with Gasteiger partial charge in [-0.05, 0) is 54.2 Å². The number of benzene rings is 2. The molecule has 0 spiro atoms. The van der Waals surface area contributed by atoms with Gasteiger partial charge in [0.15, 0.2) is 5.17 Å². The van der Waals surface area contributed by atoms with E-state index in [-0.39, 0.29) is 11.6 Å². The Morgan fingerprint density at radius 1 is 1.03 bits per heavy atom. The number of non-ortho nitro benzene ring substituents is 1. The van der Waals surface area contributed by atoms with Crippen LogP contribution in [0.25, 0.3) is 17.4 Å². The van der Waals surface area contributed by atoms with E-state index in [0.717, 1.165) is 37.4 Å². The summed E-state index contributed by atoms with van der Waals surface area (Å²) in [7, 11) is 0. The zero-order valence-electron chi connectivity index (χ0n) is 17.9. The Balaban J connectivity index is 1.22. The van der Waals surface area contributed by atoms with Gasteiger partial charge in [0, 0.05) is 60.7 Å². The number of nitro groups is 1. The Bertz CT molecular complexity index is 1310. The van der Waals surface area contributed by atoms with Crippen LogP contribution in [-0.4, -0.2) is 47.1 Å². The molecular weight excluding hydrogens is 476 g/mol. The maximum Gasteiger partial charge on any atom is 0.286 e. The zero-order valence-corrected chi connectivity index (χ0v) is 19.5. The van der Waals surface area contributed by atoms with E-state index in [1.807, 2.05) is 24.3 Å². The summed E-state index contributed by atoms with van der Waals surface area (Å²) in [6.45, 7) is 3.13. The molecule has 2 aliphatic heterocycles. The van der Waals surface area contributed by atoms with E-state index in [9.17, 15) is 14.9 Å². The number of thioether (sulfide) groups is 1. The van der Waals surface area contributed by atoms with Crippen LogP contribution in [0.15, 0.2) is 75.0 Å². The number of piperazine rings is 1. The number of furan rings is 1. The molecule has 0 aliphatic carbocycles. The molecule has 1 amide bonds. The van der Waals surface area contributed by atoms with Crippen molar-refractivity contribution < 1.29 is 14.1 Å². The fraction of sp³-hybridized carbons (Fsp3) is 0.167. The van der Waals surface area contributed by atoms with Crippen molar-refractivity contribution in [3.63, 3.8) is 0 Å². The van der Waals surface area contributed by atoms with Crippen molar-refractivity contribution in [3.05, 3.63) is 86.5 Å². The van der Waals surface area contributed by atoms with Crippen LogP contribution in [0, 0.1) is 10.1 Å². The molecule has 10 heteroatoms. The lowest BCUT2D eigenvalue weighted by atomic mass is 10.1. The SMILES string of the molecule is O=C1N=C(N2CCN(c3cccc(Cl)c3)CC2)S/C1=C/c1ccc(-c2ccc([N+](=O)[O-])cc2)o1. The van der Waals surface area contributed by atoms with E-state index in [0.29, 0.717) is 26.6 Å². The third kappa shape index (κ3) is 4.71. The number of hydrogen-bond donors (Lipinski definition) is 0. The molecule has 1 aromatic heterocycles. The van der Waals surface area contributed by atoms with Crippen molar-refractivity contribution in [2.45, 2.75) is 0 Å². The Hall–Kier alpha value is -3.56. The predicted octanol–water partition coefficient (Wildman–Crippen LogP) is 5.30. The molecule has 0 bridgehead atoms. The second-order valence-electron chi connectivity index (χ2n) is 7.77. The van der Waals surface area contributed by atoms with Crippen molar-refractivity contribution >= 4 is 51.9 Å². The molecule has 3 aromatic rings. The second kappa shape index (κ2) is 9.36. The van der Waals surface area contributed by atoms with Crippen LogP contribution >= 0.6 is 23.4 Å². The Kier molecular flexibility index (Phi) is 6.12. The van der Waals surface area contributed by atoms with Crippen LogP contribution < -0.4 is 4.90 Å². The lowest BCUT2D eigenvalue weighted by Gasteiger charge is -2.36. The van der Waals surface area contributed by atoms with Crippen LogP contribution in [0.3, 0.4) is 0 Å². The fourth-order valence-electron chi connectivity index (χ4n) is 3.82. The first-order valence-corrected chi connectivity index (χ1v) is 11.8. The monoisotopic (exact) mass is 494 g/mol. The van der Waals surface area contributed by atoms with Gasteiger partial charge in [-0.3, -0.25) is 14.9 Å². The molecule has 172 valence electrons. The average molecular weight is 495 g/mol. The quantitative estimate of drug-likeness (QED) is 0.276. The summed E-state index contributed by atoms with van der Waals surface area (Å²) in [6.07, 6.45) is 1.68. The number of carbonyl (C=O) groups is 1. The molecule has 1 fully saturated rings. The van der Waals surface area contributed by atoms with Crippen LogP contribution in [0.2, 0.25) is 5.02 Å². The van der Waals surface area contributed by atoms with Crippen LogP contribution in [0.1, 0.15) is 5.76 Å². The third-order valence-corrected chi connectivity index (χ3v) is 6.88. The summed E-state index contributed by atoms with van der Waals surface area (Å²) in [5.41, 5.74) is 1.82. The number of amides is 1. The van der Waals surface area contributed by atoms with Gasteiger partial charge in [0.1, 0.15) is 11.5 Å². The van der Waals surface area contributed by atoms with Gasteiger partial charge in [-0.2, -0.15) is 4.99 Å².